The summed E-state index contributed by atoms with van der Waals surface area (Å²) in [6.45, 7) is 4.86. The molecular weight excluding hydrogens is 869 g/mol. The molecule has 0 saturated heterocycles. The highest BCUT2D eigenvalue weighted by molar-refractivity contribution is 5.94. The number of aryl methyl sites for hydroxylation is 4. The van der Waals surface area contributed by atoms with Crippen LogP contribution in [0.1, 0.15) is 141 Å². The van der Waals surface area contributed by atoms with E-state index in [1.54, 1.807) is 5.56 Å². The molecule has 0 aliphatic heterocycles. The van der Waals surface area contributed by atoms with E-state index in [1.165, 1.54) is 166 Å². The van der Waals surface area contributed by atoms with Crippen LogP contribution in [0.3, 0.4) is 0 Å². The molecule has 8 aromatic carbocycles. The van der Waals surface area contributed by atoms with Crippen LogP contribution in [0, 0.1) is 11.8 Å². The van der Waals surface area contributed by atoms with Gasteiger partial charge in [-0.3, -0.25) is 0 Å². The first-order chi connectivity index (χ1) is 35.4. The summed E-state index contributed by atoms with van der Waals surface area (Å²) in [6.07, 6.45) is 18.9. The Morgan fingerprint density at radius 1 is 0.417 bits per heavy atom. The number of hydrogen-bond donors (Lipinski definition) is 0. The summed E-state index contributed by atoms with van der Waals surface area (Å²) >= 11 is 0. The lowest BCUT2D eigenvalue weighted by molar-refractivity contribution is 0.420. The van der Waals surface area contributed by atoms with Gasteiger partial charge >= 0.3 is 0 Å². The van der Waals surface area contributed by atoms with Gasteiger partial charge in [-0.25, -0.2) is 0 Å². The Bertz CT molecular complexity index is 3210. The van der Waals surface area contributed by atoms with Gasteiger partial charge in [-0.1, -0.05) is 174 Å². The van der Waals surface area contributed by atoms with Crippen molar-refractivity contribution in [1.29, 1.82) is 0 Å². The lowest BCUT2D eigenvalue weighted by Crippen LogP contribution is -2.18. The highest BCUT2D eigenvalue weighted by Crippen LogP contribution is 2.55. The molecule has 0 amide bonds. The molecule has 0 spiro atoms. The van der Waals surface area contributed by atoms with E-state index in [-0.39, 0.29) is 5.41 Å². The number of fused-ring (bicyclic) bond motifs is 5. The van der Waals surface area contributed by atoms with Gasteiger partial charge < -0.3 is 9.80 Å². The van der Waals surface area contributed by atoms with Crippen molar-refractivity contribution in [2.24, 2.45) is 11.8 Å². The van der Waals surface area contributed by atoms with Crippen LogP contribution in [0.4, 0.5) is 34.1 Å². The number of benzene rings is 8. The molecule has 2 nitrogen and oxygen atoms in total. The van der Waals surface area contributed by atoms with Crippen LogP contribution in [-0.2, 0) is 31.1 Å². The number of hydrogen-bond acceptors (Lipinski definition) is 2. The molecule has 3 saturated carbocycles. The van der Waals surface area contributed by atoms with Gasteiger partial charge in [0, 0.05) is 39.5 Å². The van der Waals surface area contributed by atoms with Gasteiger partial charge in [0.05, 0.1) is 0 Å². The molecule has 0 N–H and O–H groups in total. The average Bonchev–Trinajstić information content (AvgIpc) is 4.11. The molecule has 8 aliphatic rings. The Morgan fingerprint density at radius 3 is 1.62 bits per heavy atom. The summed E-state index contributed by atoms with van der Waals surface area (Å²) < 4.78 is 0. The SMILES string of the molecule is CC1(C)c2cc(N(c3ccc(C4CCCCCCC4)cc3)c3cc4ccc3CCc3ccc(c(N(c5ccccc5)c5ccc(C6CC7CCC6C7)cc5)c3)CC4)ccc2-c2c(-c3ccccc3)cccc21. The van der Waals surface area contributed by atoms with Gasteiger partial charge in [-0.15, -0.1) is 0 Å². The Morgan fingerprint density at radius 2 is 1.00 bits per heavy atom. The van der Waals surface area contributed by atoms with Crippen LogP contribution < -0.4 is 9.80 Å². The molecule has 3 atom stereocenters. The molecule has 2 heteroatoms. The minimum atomic E-state index is -0.157. The largest absolute Gasteiger partial charge is 0.310 e. The Hall–Kier alpha value is -6.64. The molecule has 360 valence electrons. The highest BCUT2D eigenvalue weighted by Gasteiger charge is 2.40. The topological polar surface area (TPSA) is 6.48 Å². The zero-order chi connectivity index (χ0) is 48.2. The van der Waals surface area contributed by atoms with Crippen molar-refractivity contribution in [3.8, 4) is 22.3 Å². The maximum absolute atomic E-state index is 2.62. The zero-order valence-corrected chi connectivity index (χ0v) is 42.6. The molecule has 16 rings (SSSR count). The molecule has 8 aromatic rings. The summed E-state index contributed by atoms with van der Waals surface area (Å²) in [5.41, 5.74) is 24.1. The maximum Gasteiger partial charge on any atom is 0.0496 e. The van der Waals surface area contributed by atoms with Crippen molar-refractivity contribution < 1.29 is 0 Å². The van der Waals surface area contributed by atoms with Gasteiger partial charge in [-0.05, 0) is 209 Å². The fourth-order valence-corrected chi connectivity index (χ4v) is 14.3. The van der Waals surface area contributed by atoms with Crippen LogP contribution in [0.5, 0.6) is 0 Å². The summed E-state index contributed by atoms with van der Waals surface area (Å²) in [7, 11) is 0. The van der Waals surface area contributed by atoms with Crippen molar-refractivity contribution in [2.45, 2.75) is 127 Å². The molecule has 8 aliphatic carbocycles. The van der Waals surface area contributed by atoms with Crippen LogP contribution >= 0.6 is 0 Å². The van der Waals surface area contributed by atoms with Crippen LogP contribution in [0.15, 0.2) is 182 Å². The van der Waals surface area contributed by atoms with Gasteiger partial charge in [0.2, 0.25) is 0 Å². The molecule has 72 heavy (non-hydrogen) atoms. The summed E-state index contributed by atoms with van der Waals surface area (Å²) in [4.78, 5) is 5.16. The van der Waals surface area contributed by atoms with Crippen LogP contribution in [-0.4, -0.2) is 0 Å². The van der Waals surface area contributed by atoms with Crippen LogP contribution in [0.2, 0.25) is 0 Å². The quantitative estimate of drug-likeness (QED) is 0.142. The Kier molecular flexibility index (Phi) is 12.0. The number of nitrogens with zero attached hydrogens (tertiary/aromatic N) is 2. The van der Waals surface area contributed by atoms with Crippen molar-refractivity contribution in [3.05, 3.63) is 226 Å². The lowest BCUT2D eigenvalue weighted by Gasteiger charge is -2.31. The molecule has 3 unspecified atom stereocenters. The maximum atomic E-state index is 2.62. The molecule has 0 aromatic heterocycles. The second kappa shape index (κ2) is 19.1. The van der Waals surface area contributed by atoms with E-state index in [4.69, 9.17) is 0 Å². The lowest BCUT2D eigenvalue weighted by atomic mass is 9.81. The summed E-state index contributed by atoms with van der Waals surface area (Å²) in [5, 5.41) is 0. The molecule has 6 bridgehead atoms. The van der Waals surface area contributed by atoms with E-state index >= 15 is 0 Å². The van der Waals surface area contributed by atoms with Crippen molar-refractivity contribution >= 4 is 34.1 Å². The number of para-hydroxylation sites is 1. The molecule has 0 heterocycles. The van der Waals surface area contributed by atoms with Gasteiger partial charge in [0.25, 0.3) is 0 Å². The third-order valence-corrected chi connectivity index (χ3v) is 18.2. The summed E-state index contributed by atoms with van der Waals surface area (Å²) in [6, 6.07) is 70.8. The fraction of sp³-hybridized carbons (Fsp3) is 0.314. The second-order valence-corrected chi connectivity index (χ2v) is 22.9. The number of anilines is 6. The smallest absolute Gasteiger partial charge is 0.0496 e. The predicted molar refractivity (Wildman–Crippen MR) is 303 cm³/mol. The normalized spacial score (nSPS) is 20.0. The second-order valence-electron chi connectivity index (χ2n) is 22.9. The van der Waals surface area contributed by atoms with E-state index in [0.29, 0.717) is 5.92 Å². The van der Waals surface area contributed by atoms with E-state index in [1.807, 2.05) is 0 Å². The van der Waals surface area contributed by atoms with Crippen LogP contribution in [0.25, 0.3) is 22.3 Å². The third-order valence-electron chi connectivity index (χ3n) is 18.2. The minimum Gasteiger partial charge on any atom is -0.310 e. The van der Waals surface area contributed by atoms with Gasteiger partial charge in [0.15, 0.2) is 0 Å². The van der Waals surface area contributed by atoms with E-state index in [9.17, 15) is 0 Å². The minimum absolute atomic E-state index is 0.157. The van der Waals surface area contributed by atoms with Crippen molar-refractivity contribution in [1.82, 2.24) is 0 Å². The van der Waals surface area contributed by atoms with Crippen molar-refractivity contribution in [2.75, 3.05) is 9.80 Å². The Labute approximate surface area is 429 Å². The van der Waals surface area contributed by atoms with Gasteiger partial charge in [0.1, 0.15) is 0 Å². The monoisotopic (exact) mass is 939 g/mol. The fourth-order valence-electron chi connectivity index (χ4n) is 14.3. The number of rotatable bonds is 9. The standard InChI is InChI=1S/C70H70N2/c1-70(2)65-22-14-21-62(53-17-10-6-11-18-53)69(65)63-42-41-61(47-66(63)70)72(60-37-33-52(34-38-60)51-15-8-4-3-5-9-16-51)68-46-49-24-29-55-28-23-48(25-30-56(68)31-26-49)45-67(55)71(58-19-12-7-13-20-58)59-39-35-54(36-40-59)64-44-50-27-32-57(64)43-50/h6-7,10-14,17-23,26,28,31,33-42,45-47,50-51,57,64H,3-5,8-9,15-16,24-25,27,29-30,32,43-44H2,1-2H3. The third kappa shape index (κ3) is 8.39. The first-order valence-corrected chi connectivity index (χ1v) is 27.9. The molecule has 0 radical (unpaired) electrons. The first kappa shape index (κ1) is 45.2. The highest BCUT2D eigenvalue weighted by atomic mass is 15.2. The zero-order valence-electron chi connectivity index (χ0n) is 42.6. The Balaban J connectivity index is 0.883. The average molecular weight is 939 g/mol. The predicted octanol–water partition coefficient (Wildman–Crippen LogP) is 19.2. The van der Waals surface area contributed by atoms with Crippen molar-refractivity contribution in [3.63, 3.8) is 0 Å². The molecular formula is C70H70N2. The first-order valence-electron chi connectivity index (χ1n) is 27.9. The summed E-state index contributed by atoms with van der Waals surface area (Å²) in [5.74, 6) is 3.20. The van der Waals surface area contributed by atoms with E-state index in [0.717, 1.165) is 43.4 Å². The van der Waals surface area contributed by atoms with E-state index < -0.39 is 0 Å². The molecule has 3 fully saturated rings. The van der Waals surface area contributed by atoms with Gasteiger partial charge in [-0.2, -0.15) is 0 Å². The van der Waals surface area contributed by atoms with E-state index in [2.05, 4.69) is 206 Å².